The second-order valence-corrected chi connectivity index (χ2v) is 10.7. The average Bonchev–Trinajstić information content (AvgIpc) is 2.85. The first-order chi connectivity index (χ1) is 16.7. The molecule has 35 heavy (non-hydrogen) atoms. The largest absolute Gasteiger partial charge is 0.322 e. The maximum atomic E-state index is 13.8. The number of anilines is 2. The minimum absolute atomic E-state index is 0.0125. The van der Waals surface area contributed by atoms with Gasteiger partial charge >= 0.3 is 0 Å². The topological polar surface area (TPSA) is 66.5 Å². The minimum Gasteiger partial charge on any atom is -0.322 e. The zero-order valence-electron chi connectivity index (χ0n) is 18.8. The van der Waals surface area contributed by atoms with Crippen LogP contribution in [0.25, 0.3) is 0 Å². The van der Waals surface area contributed by atoms with Gasteiger partial charge in [-0.15, -0.1) is 0 Å². The molecule has 0 atom stereocenters. The molecule has 178 valence electrons. The van der Waals surface area contributed by atoms with Crippen LogP contribution in [0.15, 0.2) is 102 Å². The van der Waals surface area contributed by atoms with Gasteiger partial charge in [-0.1, -0.05) is 65.2 Å². The maximum Gasteiger partial charge on any atom is 0.264 e. The molecule has 5 nitrogen and oxygen atoms in total. The lowest BCUT2D eigenvalue weighted by atomic mass is 10.1. The van der Waals surface area contributed by atoms with Crippen molar-refractivity contribution in [2.75, 3.05) is 9.62 Å². The molecule has 0 heterocycles. The molecule has 0 fully saturated rings. The second-order valence-electron chi connectivity index (χ2n) is 7.93. The van der Waals surface area contributed by atoms with E-state index in [1.54, 1.807) is 97.1 Å². The molecule has 4 aromatic rings. The highest BCUT2D eigenvalue weighted by atomic mass is 35.5. The summed E-state index contributed by atoms with van der Waals surface area (Å²) in [5.74, 6) is -0.442. The van der Waals surface area contributed by atoms with Crippen molar-refractivity contribution in [1.82, 2.24) is 0 Å². The standard InChI is InChI=1S/C27H22Cl2N2O3S/c1-19-6-16-24(17-7-19)35(33,34)31(18-20-8-10-21(28)11-9-20)26-5-3-2-4-25(26)27(32)30-23-14-12-22(29)13-15-23/h2-17H,18H2,1H3,(H,30,32). The van der Waals surface area contributed by atoms with Crippen LogP contribution in [-0.2, 0) is 16.6 Å². The van der Waals surface area contributed by atoms with E-state index in [9.17, 15) is 13.2 Å². The predicted molar refractivity (Wildman–Crippen MR) is 142 cm³/mol. The van der Waals surface area contributed by atoms with E-state index >= 15 is 0 Å². The van der Waals surface area contributed by atoms with Crippen LogP contribution < -0.4 is 9.62 Å². The number of aryl methyl sites for hydroxylation is 1. The Bertz CT molecular complexity index is 1440. The minimum atomic E-state index is -4.01. The third-order valence-electron chi connectivity index (χ3n) is 5.37. The zero-order valence-corrected chi connectivity index (χ0v) is 21.1. The molecule has 1 amide bonds. The number of sulfonamides is 1. The summed E-state index contributed by atoms with van der Waals surface area (Å²) in [6.07, 6.45) is 0. The molecule has 0 aliphatic rings. The number of carbonyl (C=O) groups excluding carboxylic acids is 1. The van der Waals surface area contributed by atoms with Crippen molar-refractivity contribution in [2.45, 2.75) is 18.4 Å². The maximum absolute atomic E-state index is 13.8. The second kappa shape index (κ2) is 10.5. The first kappa shape index (κ1) is 24.8. The quantitative estimate of drug-likeness (QED) is 0.284. The molecule has 0 saturated carbocycles. The van der Waals surface area contributed by atoms with Crippen molar-refractivity contribution < 1.29 is 13.2 Å². The van der Waals surface area contributed by atoms with Gasteiger partial charge in [0.1, 0.15) is 0 Å². The van der Waals surface area contributed by atoms with E-state index in [4.69, 9.17) is 23.2 Å². The van der Waals surface area contributed by atoms with Crippen molar-refractivity contribution in [1.29, 1.82) is 0 Å². The van der Waals surface area contributed by atoms with Crippen molar-refractivity contribution in [3.63, 3.8) is 0 Å². The van der Waals surface area contributed by atoms with Crippen LogP contribution in [-0.4, -0.2) is 14.3 Å². The van der Waals surface area contributed by atoms with Gasteiger partial charge in [0, 0.05) is 15.7 Å². The fourth-order valence-electron chi connectivity index (χ4n) is 3.51. The van der Waals surface area contributed by atoms with Crippen molar-refractivity contribution in [2.24, 2.45) is 0 Å². The highest BCUT2D eigenvalue weighted by Crippen LogP contribution is 2.30. The Morgan fingerprint density at radius 3 is 2.00 bits per heavy atom. The van der Waals surface area contributed by atoms with Crippen LogP contribution in [0.5, 0.6) is 0 Å². The Kier molecular flexibility index (Phi) is 7.45. The predicted octanol–water partition coefficient (Wildman–Crippen LogP) is 6.95. The van der Waals surface area contributed by atoms with Gasteiger partial charge in [-0.25, -0.2) is 8.42 Å². The highest BCUT2D eigenvalue weighted by molar-refractivity contribution is 7.92. The van der Waals surface area contributed by atoms with E-state index in [1.165, 1.54) is 4.31 Å². The molecular formula is C27H22Cl2N2O3S. The van der Waals surface area contributed by atoms with Gasteiger partial charge in [0.15, 0.2) is 0 Å². The zero-order chi connectivity index (χ0) is 25.0. The van der Waals surface area contributed by atoms with Crippen LogP contribution in [0.2, 0.25) is 10.0 Å². The van der Waals surface area contributed by atoms with E-state index in [0.717, 1.165) is 11.1 Å². The fourth-order valence-corrected chi connectivity index (χ4v) is 5.23. The Morgan fingerprint density at radius 2 is 1.37 bits per heavy atom. The van der Waals surface area contributed by atoms with Crippen LogP contribution in [0, 0.1) is 6.92 Å². The number of benzene rings is 4. The van der Waals surface area contributed by atoms with E-state index < -0.39 is 15.9 Å². The molecule has 0 spiro atoms. The first-order valence-corrected chi connectivity index (χ1v) is 12.9. The first-order valence-electron chi connectivity index (χ1n) is 10.7. The lowest BCUT2D eigenvalue weighted by molar-refractivity contribution is 0.102. The molecule has 0 radical (unpaired) electrons. The Labute approximate surface area is 215 Å². The number of nitrogens with one attached hydrogen (secondary N) is 1. The van der Waals surface area contributed by atoms with Crippen LogP contribution in [0.1, 0.15) is 21.5 Å². The summed E-state index contributed by atoms with van der Waals surface area (Å²) in [4.78, 5) is 13.4. The molecule has 4 aromatic carbocycles. The molecule has 1 N–H and O–H groups in total. The molecule has 8 heteroatoms. The van der Waals surface area contributed by atoms with Gasteiger partial charge in [0.2, 0.25) is 0 Å². The smallest absolute Gasteiger partial charge is 0.264 e. The number of hydrogen-bond donors (Lipinski definition) is 1. The molecule has 0 aliphatic carbocycles. The summed E-state index contributed by atoms with van der Waals surface area (Å²) < 4.78 is 28.9. The van der Waals surface area contributed by atoms with E-state index in [0.29, 0.717) is 15.7 Å². The van der Waals surface area contributed by atoms with Gasteiger partial charge in [-0.2, -0.15) is 0 Å². The lowest BCUT2D eigenvalue weighted by Gasteiger charge is -2.27. The average molecular weight is 525 g/mol. The number of rotatable bonds is 7. The SMILES string of the molecule is Cc1ccc(S(=O)(=O)N(Cc2ccc(Cl)cc2)c2ccccc2C(=O)Nc2ccc(Cl)cc2)cc1. The Balaban J connectivity index is 1.78. The van der Waals surface area contributed by atoms with E-state index in [-0.39, 0.29) is 22.7 Å². The normalized spacial score (nSPS) is 11.2. The fraction of sp³-hybridized carbons (Fsp3) is 0.0741. The van der Waals surface area contributed by atoms with E-state index in [1.807, 2.05) is 6.92 Å². The van der Waals surface area contributed by atoms with Crippen molar-refractivity contribution in [3.05, 3.63) is 124 Å². The Morgan fingerprint density at radius 1 is 0.800 bits per heavy atom. The summed E-state index contributed by atoms with van der Waals surface area (Å²) in [5.41, 5.74) is 2.68. The molecule has 4 rings (SSSR count). The van der Waals surface area contributed by atoms with Gasteiger partial charge in [-0.3, -0.25) is 9.10 Å². The van der Waals surface area contributed by atoms with Gasteiger partial charge in [0.05, 0.1) is 22.7 Å². The lowest BCUT2D eigenvalue weighted by Crippen LogP contribution is -2.32. The monoisotopic (exact) mass is 524 g/mol. The summed E-state index contributed by atoms with van der Waals surface area (Å²) in [6.45, 7) is 1.90. The number of para-hydroxylation sites is 1. The summed E-state index contributed by atoms with van der Waals surface area (Å²) in [5, 5.41) is 3.90. The molecule has 0 saturated heterocycles. The van der Waals surface area contributed by atoms with Gasteiger partial charge < -0.3 is 5.32 Å². The van der Waals surface area contributed by atoms with Crippen LogP contribution >= 0.6 is 23.2 Å². The number of amides is 1. The van der Waals surface area contributed by atoms with Gasteiger partial charge in [0.25, 0.3) is 15.9 Å². The number of halogens is 2. The van der Waals surface area contributed by atoms with E-state index in [2.05, 4.69) is 5.32 Å². The number of hydrogen-bond acceptors (Lipinski definition) is 3. The third kappa shape index (κ3) is 5.85. The third-order valence-corrected chi connectivity index (χ3v) is 7.65. The van der Waals surface area contributed by atoms with Crippen LogP contribution in [0.3, 0.4) is 0 Å². The molecule has 0 unspecified atom stereocenters. The molecule has 0 aliphatic heterocycles. The molecule has 0 bridgehead atoms. The summed E-state index contributed by atoms with van der Waals surface area (Å²) in [6, 6.07) is 26.8. The molecule has 0 aromatic heterocycles. The Hall–Kier alpha value is -3.32. The van der Waals surface area contributed by atoms with Crippen LogP contribution in [0.4, 0.5) is 11.4 Å². The summed E-state index contributed by atoms with van der Waals surface area (Å²) >= 11 is 12.0. The summed E-state index contributed by atoms with van der Waals surface area (Å²) in [7, 11) is -4.01. The number of carbonyl (C=O) groups is 1. The van der Waals surface area contributed by atoms with Crippen molar-refractivity contribution in [3.8, 4) is 0 Å². The number of nitrogens with zero attached hydrogens (tertiary/aromatic N) is 1. The highest BCUT2D eigenvalue weighted by Gasteiger charge is 2.28. The van der Waals surface area contributed by atoms with Gasteiger partial charge in [-0.05, 0) is 73.2 Å². The molecular weight excluding hydrogens is 503 g/mol. The van der Waals surface area contributed by atoms with Crippen molar-refractivity contribution >= 4 is 50.5 Å².